The minimum Gasteiger partial charge on any atom is -0.303 e. The van der Waals surface area contributed by atoms with Gasteiger partial charge in [0.2, 0.25) is 0 Å². The summed E-state index contributed by atoms with van der Waals surface area (Å²) in [5.74, 6) is 0.869. The average Bonchev–Trinajstić information content (AvgIpc) is 2.01. The molecule has 2 fully saturated rings. The fourth-order valence-corrected chi connectivity index (χ4v) is 15.0. The quantitative estimate of drug-likeness (QED) is 0.0469. The Balaban J connectivity index is 1.77. The zero-order valence-corrected chi connectivity index (χ0v) is 65.7. The predicted octanol–water partition coefficient (Wildman–Crippen LogP) is 27.9. The summed E-state index contributed by atoms with van der Waals surface area (Å²) in [5.41, 5.74) is 0. The van der Waals surface area contributed by atoms with Crippen molar-refractivity contribution >= 4 is 0 Å². The van der Waals surface area contributed by atoms with Gasteiger partial charge in [0.25, 0.3) is 0 Å². The van der Waals surface area contributed by atoms with E-state index in [0.29, 0.717) is 12.2 Å². The Morgan fingerprint density at radius 1 is 0.323 bits per heavy atom. The Morgan fingerprint density at radius 2 is 0.625 bits per heavy atom. The van der Waals surface area contributed by atoms with Crippen LogP contribution in [0.4, 0.5) is 0 Å². The van der Waals surface area contributed by atoms with Crippen LogP contribution in [-0.2, 0) is 0 Å². The topological polar surface area (TPSA) is 33.8 Å². The van der Waals surface area contributed by atoms with Gasteiger partial charge in [-0.1, -0.05) is 318 Å². The van der Waals surface area contributed by atoms with E-state index in [1.165, 1.54) is 379 Å². The molecule has 2 aliphatic heterocycles. The van der Waals surface area contributed by atoms with Gasteiger partial charge in [-0.15, -0.1) is 0 Å². The Labute approximate surface area is 602 Å². The molecule has 558 valence electrons. The SMILES string of the molecule is CCCCCC=CCC=CCCCCCCCCC(CCCCCCCCC=CCC=CCCCCC)N(C)CCCCC1CCNC(N2CNC(CCCN(C)C(CCCCCCCCC=CCC=CCCCCC)CCCCCCCCC=CCC=CCCCCC)C2)C1. The summed E-state index contributed by atoms with van der Waals surface area (Å²) in [5, 5.41) is 7.99. The summed E-state index contributed by atoms with van der Waals surface area (Å²) in [6, 6.07) is 2.14. The molecule has 2 saturated heterocycles. The maximum Gasteiger partial charge on any atom is 0.0611 e. The lowest BCUT2D eigenvalue weighted by molar-refractivity contribution is 0.129. The molecule has 0 aromatic carbocycles. The summed E-state index contributed by atoms with van der Waals surface area (Å²) in [6.07, 6.45) is 118. The van der Waals surface area contributed by atoms with Gasteiger partial charge in [-0.3, -0.25) is 4.90 Å². The van der Waals surface area contributed by atoms with E-state index in [9.17, 15) is 0 Å². The molecule has 3 atom stereocenters. The van der Waals surface area contributed by atoms with Crippen molar-refractivity contribution < 1.29 is 0 Å². The fraction of sp³-hybridized carbons (Fsp3) is 0.824. The van der Waals surface area contributed by atoms with Crippen molar-refractivity contribution in [2.45, 2.75) is 431 Å². The Morgan fingerprint density at radius 3 is 0.958 bits per heavy atom. The third-order valence-corrected chi connectivity index (χ3v) is 21.6. The van der Waals surface area contributed by atoms with Gasteiger partial charge in [0, 0.05) is 31.3 Å². The molecular formula is C91H169N5. The maximum absolute atomic E-state index is 4.00. The molecule has 0 spiro atoms. The largest absolute Gasteiger partial charge is 0.303 e. The second-order valence-corrected chi connectivity index (χ2v) is 30.6. The molecule has 0 saturated carbocycles. The van der Waals surface area contributed by atoms with Crippen molar-refractivity contribution in [3.63, 3.8) is 0 Å². The van der Waals surface area contributed by atoms with Gasteiger partial charge >= 0.3 is 0 Å². The number of nitrogens with one attached hydrogen (secondary N) is 2. The molecule has 2 aliphatic rings. The van der Waals surface area contributed by atoms with Gasteiger partial charge in [-0.25, -0.2) is 0 Å². The lowest BCUT2D eigenvalue weighted by Gasteiger charge is -2.36. The normalized spacial score (nSPS) is 17.6. The van der Waals surface area contributed by atoms with E-state index in [1.807, 2.05) is 0 Å². The van der Waals surface area contributed by atoms with Crippen LogP contribution in [0.2, 0.25) is 0 Å². The molecule has 0 amide bonds. The highest BCUT2D eigenvalue weighted by Crippen LogP contribution is 2.27. The van der Waals surface area contributed by atoms with Crippen LogP contribution in [0.5, 0.6) is 0 Å². The van der Waals surface area contributed by atoms with E-state index in [2.05, 4.69) is 164 Å². The second kappa shape index (κ2) is 72.5. The highest BCUT2D eigenvalue weighted by Gasteiger charge is 2.31. The number of unbranched alkanes of at least 4 members (excludes halogenated alkanes) is 37. The number of hydrogen-bond acceptors (Lipinski definition) is 5. The van der Waals surface area contributed by atoms with Crippen molar-refractivity contribution in [3.05, 3.63) is 97.2 Å². The van der Waals surface area contributed by atoms with Crippen LogP contribution in [0, 0.1) is 5.92 Å². The van der Waals surface area contributed by atoms with Crippen LogP contribution < -0.4 is 10.6 Å². The molecule has 3 unspecified atom stereocenters. The van der Waals surface area contributed by atoms with Crippen molar-refractivity contribution in [3.8, 4) is 0 Å². The lowest BCUT2D eigenvalue weighted by atomic mass is 9.90. The predicted molar refractivity (Wildman–Crippen MR) is 435 cm³/mol. The monoisotopic (exact) mass is 1330 g/mol. The fourth-order valence-electron chi connectivity index (χ4n) is 15.0. The summed E-state index contributed by atoms with van der Waals surface area (Å²) in [6.45, 7) is 15.2. The standard InChI is InChI=1S/C91H169N5/c1-7-11-15-19-23-27-31-35-39-43-47-51-55-59-63-67-76-89(77-68-64-60-56-52-48-44-40-36-32-28-24-20-16-12-8-2)94(5)82-72-71-74-87-80-81-92-91(84-87)96-85-88(93-86-96)75-73-83-95(6)90(78-69-65-61-57-53-49-45-41-37-33-29-25-21-17-13-9-3)79-70-66-62-58-54-50-46-42-38-34-30-26-22-18-14-10-4/h23-30,35-42,87-93H,7-22,31-34,43-86H2,1-6H3. The molecule has 0 aromatic rings. The van der Waals surface area contributed by atoms with E-state index >= 15 is 0 Å². The van der Waals surface area contributed by atoms with E-state index in [0.717, 1.165) is 50.4 Å². The summed E-state index contributed by atoms with van der Waals surface area (Å²) >= 11 is 0. The lowest BCUT2D eigenvalue weighted by Crippen LogP contribution is -2.49. The van der Waals surface area contributed by atoms with Crippen LogP contribution in [0.3, 0.4) is 0 Å². The molecule has 0 aromatic heterocycles. The minimum absolute atomic E-state index is 0.548. The molecular weight excluding hydrogens is 1160 g/mol. The summed E-state index contributed by atoms with van der Waals surface area (Å²) in [7, 11) is 4.97. The molecule has 0 bridgehead atoms. The van der Waals surface area contributed by atoms with E-state index < -0.39 is 0 Å². The first-order valence-electron chi connectivity index (χ1n) is 43.3. The van der Waals surface area contributed by atoms with Crippen LogP contribution in [0.25, 0.3) is 0 Å². The second-order valence-electron chi connectivity index (χ2n) is 30.6. The summed E-state index contributed by atoms with van der Waals surface area (Å²) in [4.78, 5) is 8.40. The molecule has 0 radical (unpaired) electrons. The smallest absolute Gasteiger partial charge is 0.0611 e. The molecule has 0 aliphatic carbocycles. The van der Waals surface area contributed by atoms with Gasteiger partial charge in [0.1, 0.15) is 0 Å². The minimum atomic E-state index is 0.548. The number of nitrogens with zero attached hydrogens (tertiary/aromatic N) is 3. The number of piperidine rings is 1. The highest BCUT2D eigenvalue weighted by molar-refractivity contribution is 4.96. The third kappa shape index (κ3) is 58.4. The first kappa shape index (κ1) is 89.8. The van der Waals surface area contributed by atoms with Gasteiger partial charge in [-0.05, 0) is 226 Å². The molecule has 2 N–H and O–H groups in total. The Hall–Kier alpha value is -2.28. The number of hydrogen-bond donors (Lipinski definition) is 2. The zero-order chi connectivity index (χ0) is 68.6. The van der Waals surface area contributed by atoms with Crippen LogP contribution in [0.1, 0.15) is 407 Å². The van der Waals surface area contributed by atoms with Crippen LogP contribution >= 0.6 is 0 Å². The average molecular weight is 1330 g/mol. The van der Waals surface area contributed by atoms with Crippen molar-refractivity contribution in [2.75, 3.05) is 46.9 Å². The first-order chi connectivity index (χ1) is 47.5. The number of allylic oxidation sites excluding steroid dienone is 16. The van der Waals surface area contributed by atoms with Gasteiger partial charge in [0.05, 0.1) is 6.17 Å². The molecule has 5 heteroatoms. The molecule has 5 nitrogen and oxygen atoms in total. The molecule has 96 heavy (non-hydrogen) atoms. The summed E-state index contributed by atoms with van der Waals surface area (Å²) < 4.78 is 0. The van der Waals surface area contributed by atoms with Crippen LogP contribution in [-0.4, -0.2) is 85.9 Å². The van der Waals surface area contributed by atoms with E-state index in [1.54, 1.807) is 0 Å². The third-order valence-electron chi connectivity index (χ3n) is 21.6. The van der Waals surface area contributed by atoms with Crippen LogP contribution in [0.15, 0.2) is 97.2 Å². The highest BCUT2D eigenvalue weighted by atomic mass is 15.4. The Kier molecular flexibility index (Phi) is 67.8. The van der Waals surface area contributed by atoms with E-state index in [-0.39, 0.29) is 0 Å². The van der Waals surface area contributed by atoms with Gasteiger partial charge in [0.15, 0.2) is 0 Å². The van der Waals surface area contributed by atoms with Gasteiger partial charge < -0.3 is 20.4 Å². The van der Waals surface area contributed by atoms with Crippen molar-refractivity contribution in [1.29, 1.82) is 0 Å². The number of rotatable bonds is 72. The van der Waals surface area contributed by atoms with Crippen molar-refractivity contribution in [1.82, 2.24) is 25.3 Å². The molecule has 2 heterocycles. The maximum atomic E-state index is 4.00. The molecule has 2 rings (SSSR count). The van der Waals surface area contributed by atoms with Crippen molar-refractivity contribution in [2.24, 2.45) is 5.92 Å². The van der Waals surface area contributed by atoms with Gasteiger partial charge in [-0.2, -0.15) is 0 Å². The first-order valence-corrected chi connectivity index (χ1v) is 43.3. The Bertz CT molecular complexity index is 1730. The van der Waals surface area contributed by atoms with E-state index in [4.69, 9.17) is 0 Å². The zero-order valence-electron chi connectivity index (χ0n) is 65.7.